The fraction of sp³-hybridized carbons (Fsp3) is 0.533. The lowest BCUT2D eigenvalue weighted by Crippen LogP contribution is -2.34. The Morgan fingerprint density at radius 2 is 1.67 bits per heavy atom. The molecular weight excluding hydrogens is 283 g/mol. The predicted octanol–water partition coefficient (Wildman–Crippen LogP) is 3.47. The minimum absolute atomic E-state index is 0.163. The van der Waals surface area contributed by atoms with Crippen LogP contribution in [0.2, 0.25) is 0 Å². The standard InChI is InChI=1S/C15H20F3NO2/c1-7(2)10(8(3)4)6-19-15(21)9-5-11(16)13(18)14(20)12(9)17/h5,7-8,10,20H,6H2,1-4H3,(H,19,21). The molecule has 1 aromatic carbocycles. The Kier molecular flexibility index (Phi) is 5.63. The highest BCUT2D eigenvalue weighted by atomic mass is 19.2. The van der Waals surface area contributed by atoms with E-state index in [0.717, 1.165) is 0 Å². The van der Waals surface area contributed by atoms with Gasteiger partial charge in [0.25, 0.3) is 5.91 Å². The Labute approximate surface area is 122 Å². The van der Waals surface area contributed by atoms with Crippen LogP contribution in [0, 0.1) is 35.2 Å². The van der Waals surface area contributed by atoms with E-state index in [1.807, 2.05) is 27.7 Å². The van der Waals surface area contributed by atoms with E-state index in [4.69, 9.17) is 5.11 Å². The molecule has 0 saturated heterocycles. The van der Waals surface area contributed by atoms with Crippen LogP contribution < -0.4 is 5.32 Å². The van der Waals surface area contributed by atoms with Gasteiger partial charge in [0.15, 0.2) is 17.4 Å². The van der Waals surface area contributed by atoms with Gasteiger partial charge in [-0.05, 0) is 23.8 Å². The molecule has 1 rings (SSSR count). The summed E-state index contributed by atoms with van der Waals surface area (Å²) in [7, 11) is 0. The first-order chi connectivity index (χ1) is 9.66. The fourth-order valence-corrected chi connectivity index (χ4v) is 2.30. The Morgan fingerprint density at radius 3 is 2.14 bits per heavy atom. The number of phenolic OH excluding ortho intramolecular Hbond substituents is 1. The zero-order valence-electron chi connectivity index (χ0n) is 12.5. The van der Waals surface area contributed by atoms with Gasteiger partial charge in [0.2, 0.25) is 5.82 Å². The number of rotatable bonds is 5. The molecule has 0 fully saturated rings. The molecule has 0 bridgehead atoms. The van der Waals surface area contributed by atoms with Crippen LogP contribution in [0.15, 0.2) is 6.07 Å². The molecule has 1 aromatic rings. The van der Waals surface area contributed by atoms with Gasteiger partial charge in [-0.2, -0.15) is 4.39 Å². The van der Waals surface area contributed by atoms with Gasteiger partial charge in [-0.15, -0.1) is 0 Å². The van der Waals surface area contributed by atoms with Crippen LogP contribution in [0.25, 0.3) is 0 Å². The van der Waals surface area contributed by atoms with Crippen molar-refractivity contribution in [1.29, 1.82) is 0 Å². The summed E-state index contributed by atoms with van der Waals surface area (Å²) in [4.78, 5) is 11.9. The van der Waals surface area contributed by atoms with Crippen LogP contribution in [0.4, 0.5) is 13.2 Å². The van der Waals surface area contributed by atoms with Crippen LogP contribution in [0.3, 0.4) is 0 Å². The normalized spacial score (nSPS) is 11.5. The van der Waals surface area contributed by atoms with E-state index in [1.54, 1.807) is 0 Å². The van der Waals surface area contributed by atoms with E-state index in [1.165, 1.54) is 0 Å². The molecule has 0 aliphatic carbocycles. The summed E-state index contributed by atoms with van der Waals surface area (Å²) in [5, 5.41) is 11.6. The first kappa shape index (κ1) is 17.3. The van der Waals surface area contributed by atoms with Crippen molar-refractivity contribution >= 4 is 5.91 Å². The van der Waals surface area contributed by atoms with E-state index in [9.17, 15) is 18.0 Å². The summed E-state index contributed by atoms with van der Waals surface area (Å²) in [6.45, 7) is 8.29. The van der Waals surface area contributed by atoms with E-state index >= 15 is 0 Å². The third-order valence-electron chi connectivity index (χ3n) is 3.59. The molecule has 1 amide bonds. The zero-order chi connectivity index (χ0) is 16.3. The molecule has 21 heavy (non-hydrogen) atoms. The summed E-state index contributed by atoms with van der Waals surface area (Å²) >= 11 is 0. The van der Waals surface area contributed by atoms with Crippen molar-refractivity contribution in [3.63, 3.8) is 0 Å². The van der Waals surface area contributed by atoms with E-state index in [-0.39, 0.29) is 12.5 Å². The van der Waals surface area contributed by atoms with E-state index < -0.39 is 34.7 Å². The second-order valence-electron chi connectivity index (χ2n) is 5.74. The molecule has 0 saturated carbocycles. The summed E-state index contributed by atoms with van der Waals surface area (Å²) in [5.41, 5.74) is -0.710. The number of phenols is 1. The van der Waals surface area contributed by atoms with Gasteiger partial charge in [-0.25, -0.2) is 8.78 Å². The minimum Gasteiger partial charge on any atom is -0.503 e. The minimum atomic E-state index is -1.70. The van der Waals surface area contributed by atoms with Crippen molar-refractivity contribution in [1.82, 2.24) is 5.32 Å². The summed E-state index contributed by atoms with van der Waals surface area (Å²) in [5.74, 6) is -6.23. The second-order valence-corrected chi connectivity index (χ2v) is 5.74. The number of hydrogen-bond donors (Lipinski definition) is 2. The van der Waals surface area contributed by atoms with Crippen molar-refractivity contribution in [3.8, 4) is 5.75 Å². The van der Waals surface area contributed by atoms with E-state index in [0.29, 0.717) is 17.9 Å². The number of amides is 1. The third-order valence-corrected chi connectivity index (χ3v) is 3.59. The van der Waals surface area contributed by atoms with Gasteiger partial charge in [0, 0.05) is 6.54 Å². The summed E-state index contributed by atoms with van der Waals surface area (Å²) < 4.78 is 39.7. The van der Waals surface area contributed by atoms with Gasteiger partial charge in [0.05, 0.1) is 5.56 Å². The molecule has 0 aliphatic heterocycles. The average Bonchev–Trinajstić information content (AvgIpc) is 2.39. The van der Waals surface area contributed by atoms with Crippen LogP contribution in [0.5, 0.6) is 5.75 Å². The maximum atomic E-state index is 13.6. The molecule has 6 heteroatoms. The largest absolute Gasteiger partial charge is 0.503 e. The summed E-state index contributed by atoms with van der Waals surface area (Å²) in [6, 6.07) is 0.444. The number of carbonyl (C=O) groups is 1. The molecule has 2 N–H and O–H groups in total. The smallest absolute Gasteiger partial charge is 0.254 e. The van der Waals surface area contributed by atoms with Crippen molar-refractivity contribution < 1.29 is 23.1 Å². The van der Waals surface area contributed by atoms with Gasteiger partial charge in [-0.3, -0.25) is 4.79 Å². The van der Waals surface area contributed by atoms with Gasteiger partial charge < -0.3 is 10.4 Å². The van der Waals surface area contributed by atoms with Crippen molar-refractivity contribution in [2.75, 3.05) is 6.54 Å². The fourth-order valence-electron chi connectivity index (χ4n) is 2.30. The number of halogens is 3. The molecule has 0 atom stereocenters. The van der Waals surface area contributed by atoms with Crippen LogP contribution in [0.1, 0.15) is 38.1 Å². The maximum absolute atomic E-state index is 13.6. The highest BCUT2D eigenvalue weighted by molar-refractivity contribution is 5.94. The highest BCUT2D eigenvalue weighted by Gasteiger charge is 2.24. The molecule has 118 valence electrons. The van der Waals surface area contributed by atoms with Crippen LogP contribution in [-0.4, -0.2) is 17.6 Å². The Morgan fingerprint density at radius 1 is 1.14 bits per heavy atom. The zero-order valence-corrected chi connectivity index (χ0v) is 12.5. The van der Waals surface area contributed by atoms with Crippen molar-refractivity contribution in [2.45, 2.75) is 27.7 Å². The van der Waals surface area contributed by atoms with Crippen molar-refractivity contribution in [3.05, 3.63) is 29.1 Å². The van der Waals surface area contributed by atoms with Gasteiger partial charge in [0.1, 0.15) is 0 Å². The molecular formula is C15H20F3NO2. The number of nitrogens with one attached hydrogen (secondary N) is 1. The molecule has 3 nitrogen and oxygen atoms in total. The predicted molar refractivity (Wildman–Crippen MR) is 73.5 cm³/mol. The number of aromatic hydroxyl groups is 1. The molecule has 0 spiro atoms. The van der Waals surface area contributed by atoms with Crippen LogP contribution in [-0.2, 0) is 0 Å². The molecule has 0 unspecified atom stereocenters. The molecule has 0 aliphatic rings. The lowest BCUT2D eigenvalue weighted by Gasteiger charge is -2.25. The highest BCUT2D eigenvalue weighted by Crippen LogP contribution is 2.26. The number of carbonyl (C=O) groups excluding carboxylic acids is 1. The maximum Gasteiger partial charge on any atom is 0.254 e. The summed E-state index contributed by atoms with van der Waals surface area (Å²) in [6.07, 6.45) is 0. The van der Waals surface area contributed by atoms with Crippen molar-refractivity contribution in [2.24, 2.45) is 17.8 Å². The second kappa shape index (κ2) is 6.83. The lowest BCUT2D eigenvalue weighted by molar-refractivity contribution is 0.0931. The monoisotopic (exact) mass is 303 g/mol. The average molecular weight is 303 g/mol. The molecule has 0 heterocycles. The number of hydrogen-bond acceptors (Lipinski definition) is 2. The SMILES string of the molecule is CC(C)C(CNC(=O)c1cc(F)c(F)c(O)c1F)C(C)C. The Balaban J connectivity index is 2.91. The topological polar surface area (TPSA) is 49.3 Å². The molecule has 0 radical (unpaired) electrons. The lowest BCUT2D eigenvalue weighted by atomic mass is 9.85. The van der Waals surface area contributed by atoms with E-state index in [2.05, 4.69) is 5.32 Å². The quantitative estimate of drug-likeness (QED) is 0.818. The number of benzene rings is 1. The van der Waals surface area contributed by atoms with Gasteiger partial charge in [-0.1, -0.05) is 27.7 Å². The Hall–Kier alpha value is -1.72. The third kappa shape index (κ3) is 3.89. The first-order valence-corrected chi connectivity index (χ1v) is 6.81. The Bertz CT molecular complexity index is 522. The first-order valence-electron chi connectivity index (χ1n) is 6.81. The van der Waals surface area contributed by atoms with Gasteiger partial charge >= 0.3 is 0 Å². The van der Waals surface area contributed by atoms with Crippen LogP contribution >= 0.6 is 0 Å². The molecule has 0 aromatic heterocycles.